The highest BCUT2D eigenvalue weighted by atomic mass is 35.5. The van der Waals surface area contributed by atoms with Crippen LogP contribution in [0.4, 0.5) is 24.8 Å². The van der Waals surface area contributed by atoms with Gasteiger partial charge in [-0.15, -0.1) is 0 Å². The maximum absolute atomic E-state index is 16.6. The van der Waals surface area contributed by atoms with Crippen molar-refractivity contribution in [3.05, 3.63) is 41.1 Å². The number of alkyl halides is 1. The average molecular weight is 611 g/mol. The number of hydrogen-bond donors (Lipinski definition) is 2. The number of ether oxygens (including phenoxy) is 1. The van der Waals surface area contributed by atoms with Crippen LogP contribution < -0.4 is 20.7 Å². The topological polar surface area (TPSA) is 105 Å². The van der Waals surface area contributed by atoms with Gasteiger partial charge in [-0.1, -0.05) is 17.7 Å². The molecule has 0 amide bonds. The number of piperazine rings is 1. The average Bonchev–Trinajstić information content (AvgIpc) is 3.63. The number of nitrogens with zero attached hydrogens (tertiary/aromatic N) is 6. The van der Waals surface area contributed by atoms with E-state index in [2.05, 4.69) is 30.1 Å². The van der Waals surface area contributed by atoms with E-state index in [1.54, 1.807) is 6.07 Å². The predicted octanol–water partition coefficient (Wildman–Crippen LogP) is 4.65. The predicted molar refractivity (Wildman–Crippen MR) is 158 cm³/mol. The Kier molecular flexibility index (Phi) is 6.32. The van der Waals surface area contributed by atoms with Gasteiger partial charge >= 0.3 is 6.01 Å². The van der Waals surface area contributed by atoms with Crippen molar-refractivity contribution in [2.45, 2.75) is 55.9 Å². The molecule has 7 heterocycles. The van der Waals surface area contributed by atoms with Crippen LogP contribution in [0, 0.1) is 11.6 Å². The Balaban J connectivity index is 1.26. The quantitative estimate of drug-likeness (QED) is 0.334. The van der Waals surface area contributed by atoms with E-state index in [1.165, 1.54) is 18.3 Å². The Morgan fingerprint density at radius 2 is 1.91 bits per heavy atom. The molecule has 13 heteroatoms. The highest BCUT2D eigenvalue weighted by Gasteiger charge is 2.49. The van der Waals surface area contributed by atoms with E-state index in [0.717, 1.165) is 32.2 Å². The normalized spacial score (nSPS) is 27.0. The molecule has 1 aromatic carbocycles. The zero-order chi connectivity index (χ0) is 29.5. The van der Waals surface area contributed by atoms with E-state index < -0.39 is 23.3 Å². The van der Waals surface area contributed by atoms with Crippen molar-refractivity contribution in [1.29, 1.82) is 0 Å². The van der Waals surface area contributed by atoms with E-state index in [-0.39, 0.29) is 45.7 Å². The van der Waals surface area contributed by atoms with Gasteiger partial charge in [0.2, 0.25) is 0 Å². The SMILES string of the molecule is Nc1cc2ccc(F)c(Cl)c2c(-c2ncc3c(N4C[C@H]5CC[C@@H](C4)N5)nc(OC[C@@]45CCCN4C[C@H](F)C5)nc3c2F)n1. The van der Waals surface area contributed by atoms with Gasteiger partial charge in [0.25, 0.3) is 0 Å². The molecule has 43 heavy (non-hydrogen) atoms. The molecule has 0 spiro atoms. The van der Waals surface area contributed by atoms with Crippen molar-refractivity contribution < 1.29 is 17.9 Å². The van der Waals surface area contributed by atoms with Gasteiger partial charge in [-0.2, -0.15) is 9.97 Å². The van der Waals surface area contributed by atoms with Gasteiger partial charge < -0.3 is 20.7 Å². The first-order valence-electron chi connectivity index (χ1n) is 14.7. The summed E-state index contributed by atoms with van der Waals surface area (Å²) in [6.07, 6.45) is 4.90. The second-order valence-electron chi connectivity index (χ2n) is 12.3. The first-order valence-corrected chi connectivity index (χ1v) is 15.1. The lowest BCUT2D eigenvalue weighted by atomic mass is 9.95. The summed E-state index contributed by atoms with van der Waals surface area (Å²) in [7, 11) is 0. The van der Waals surface area contributed by atoms with Gasteiger partial charge in [-0.3, -0.25) is 9.88 Å². The molecular weight excluding hydrogens is 581 g/mol. The summed E-state index contributed by atoms with van der Waals surface area (Å²) in [6, 6.07) is 4.90. The van der Waals surface area contributed by atoms with E-state index in [1.807, 2.05) is 0 Å². The molecule has 4 atom stereocenters. The van der Waals surface area contributed by atoms with Crippen molar-refractivity contribution in [3.63, 3.8) is 0 Å². The van der Waals surface area contributed by atoms with Crippen LogP contribution in [0.15, 0.2) is 24.4 Å². The number of rotatable bonds is 5. The van der Waals surface area contributed by atoms with Crippen molar-refractivity contribution in [3.8, 4) is 17.4 Å². The summed E-state index contributed by atoms with van der Waals surface area (Å²) in [5.41, 5.74) is 5.49. The summed E-state index contributed by atoms with van der Waals surface area (Å²) in [6.45, 7) is 2.82. The van der Waals surface area contributed by atoms with Crippen LogP contribution in [0.25, 0.3) is 33.1 Å². The van der Waals surface area contributed by atoms with Crippen LogP contribution in [0.2, 0.25) is 5.02 Å². The number of benzene rings is 1. The monoisotopic (exact) mass is 610 g/mol. The third kappa shape index (κ3) is 4.44. The molecule has 8 rings (SSSR count). The second kappa shape index (κ2) is 10.0. The summed E-state index contributed by atoms with van der Waals surface area (Å²) in [4.78, 5) is 22.4. The maximum Gasteiger partial charge on any atom is 0.319 e. The fraction of sp³-hybridized carbons (Fsp3) is 0.467. The Morgan fingerprint density at radius 1 is 1.09 bits per heavy atom. The molecule has 224 valence electrons. The van der Waals surface area contributed by atoms with E-state index in [0.29, 0.717) is 54.7 Å². The smallest absolute Gasteiger partial charge is 0.319 e. The van der Waals surface area contributed by atoms with Crippen LogP contribution in [0.1, 0.15) is 32.1 Å². The molecule has 4 fully saturated rings. The number of hydrogen-bond acceptors (Lipinski definition) is 9. The van der Waals surface area contributed by atoms with Crippen LogP contribution in [0.3, 0.4) is 0 Å². The van der Waals surface area contributed by atoms with Gasteiger partial charge in [-0.05, 0) is 49.7 Å². The van der Waals surface area contributed by atoms with Gasteiger partial charge in [0, 0.05) is 49.7 Å². The first kappa shape index (κ1) is 27.1. The fourth-order valence-corrected chi connectivity index (χ4v) is 7.85. The standard InChI is InChI=1S/C30H30ClF3N8O/c31-23-20(33)5-2-15-8-21(35)38-26(22(15)23)27-24(34)25-19(10-36-27)28(41-12-17-3-4-18(13-41)37-17)40-29(39-25)43-14-30-6-1-7-42(30)11-16(32)9-30/h2,5,8,10,16-18,37H,1,3-4,6-7,9,11-14H2,(H2,35,38)/t16-,17-,18+,30+/m1/s1. The molecule has 0 radical (unpaired) electrons. The molecule has 3 N–H and O–H groups in total. The van der Waals surface area contributed by atoms with Crippen molar-refractivity contribution in [1.82, 2.24) is 30.2 Å². The minimum atomic E-state index is -0.906. The maximum atomic E-state index is 16.6. The number of nitrogens with one attached hydrogen (secondary N) is 1. The Labute approximate surface area is 250 Å². The third-order valence-corrected chi connectivity index (χ3v) is 9.89. The van der Waals surface area contributed by atoms with Crippen molar-refractivity contribution >= 4 is 44.9 Å². The zero-order valence-electron chi connectivity index (χ0n) is 23.3. The number of nitrogen functional groups attached to an aromatic ring is 1. The first-order chi connectivity index (χ1) is 20.8. The molecule has 4 aliphatic rings. The fourth-order valence-electron chi connectivity index (χ4n) is 7.58. The van der Waals surface area contributed by atoms with E-state index in [9.17, 15) is 8.78 Å². The number of pyridine rings is 2. The molecule has 4 aliphatic heterocycles. The molecule has 0 aliphatic carbocycles. The lowest BCUT2D eigenvalue weighted by Gasteiger charge is -2.34. The van der Waals surface area contributed by atoms with Gasteiger partial charge in [-0.25, -0.2) is 18.2 Å². The molecule has 4 aromatic rings. The molecule has 3 aromatic heterocycles. The largest absolute Gasteiger partial charge is 0.461 e. The summed E-state index contributed by atoms with van der Waals surface area (Å²) in [5, 5.41) is 4.53. The number of halogens is 4. The van der Waals surface area contributed by atoms with E-state index in [4.69, 9.17) is 27.1 Å². The number of aromatic nitrogens is 4. The second-order valence-corrected chi connectivity index (χ2v) is 12.7. The Bertz CT molecular complexity index is 1770. The lowest BCUT2D eigenvalue weighted by molar-refractivity contribution is 0.107. The molecule has 0 unspecified atom stereocenters. The molecular formula is C30H30ClF3N8O. The van der Waals surface area contributed by atoms with Gasteiger partial charge in [0.1, 0.15) is 47.1 Å². The minimum absolute atomic E-state index is 0.00338. The summed E-state index contributed by atoms with van der Waals surface area (Å²) >= 11 is 6.35. The Morgan fingerprint density at radius 3 is 2.72 bits per heavy atom. The molecule has 2 bridgehead atoms. The van der Waals surface area contributed by atoms with E-state index >= 15 is 4.39 Å². The lowest BCUT2D eigenvalue weighted by Crippen LogP contribution is -2.51. The number of fused-ring (bicyclic) bond motifs is 5. The van der Waals surface area contributed by atoms with Crippen LogP contribution in [-0.4, -0.2) is 81.4 Å². The van der Waals surface area contributed by atoms with Crippen molar-refractivity contribution in [2.75, 3.05) is 43.4 Å². The number of anilines is 2. The minimum Gasteiger partial charge on any atom is -0.461 e. The third-order valence-electron chi connectivity index (χ3n) is 9.52. The van der Waals surface area contributed by atoms with Crippen molar-refractivity contribution in [2.24, 2.45) is 0 Å². The van der Waals surface area contributed by atoms with Crippen LogP contribution in [-0.2, 0) is 0 Å². The zero-order valence-corrected chi connectivity index (χ0v) is 24.0. The molecule has 9 nitrogen and oxygen atoms in total. The molecule has 4 saturated heterocycles. The van der Waals surface area contributed by atoms with Crippen LogP contribution >= 0.6 is 11.6 Å². The number of nitrogens with two attached hydrogens (primary N) is 1. The molecule has 0 saturated carbocycles. The van der Waals surface area contributed by atoms with Crippen LogP contribution in [0.5, 0.6) is 6.01 Å². The Hall–Kier alpha value is -3.48. The summed E-state index contributed by atoms with van der Waals surface area (Å²) < 4.78 is 51.8. The van der Waals surface area contributed by atoms with Gasteiger partial charge in [0.05, 0.1) is 15.9 Å². The van der Waals surface area contributed by atoms with Gasteiger partial charge in [0.15, 0.2) is 5.82 Å². The summed E-state index contributed by atoms with van der Waals surface area (Å²) in [5.74, 6) is -0.798. The highest BCUT2D eigenvalue weighted by Crippen LogP contribution is 2.42. The highest BCUT2D eigenvalue weighted by molar-refractivity contribution is 6.36.